The first-order valence-corrected chi connectivity index (χ1v) is 8.36. The van der Waals surface area contributed by atoms with E-state index in [1.54, 1.807) is 0 Å². The molecule has 0 aromatic carbocycles. The van der Waals surface area contributed by atoms with Crippen molar-refractivity contribution in [2.45, 2.75) is 32.6 Å². The van der Waals surface area contributed by atoms with Gasteiger partial charge < -0.3 is 10.4 Å². The summed E-state index contributed by atoms with van der Waals surface area (Å²) >= 11 is 5.26. The van der Waals surface area contributed by atoms with Crippen LogP contribution in [0.5, 0.6) is 0 Å². The molecule has 0 aliphatic heterocycles. The second-order valence-corrected chi connectivity index (χ2v) is 7.30. The van der Waals surface area contributed by atoms with E-state index in [2.05, 4.69) is 52.0 Å². The number of hydrogen-bond acceptors (Lipinski definition) is 5. The summed E-state index contributed by atoms with van der Waals surface area (Å²) in [6.07, 6.45) is 0.859. The third-order valence-corrected chi connectivity index (χ3v) is 3.84. The number of nitrogens with one attached hydrogen (secondary N) is 1. The Balaban J connectivity index is 2.48. The maximum atomic E-state index is 8.69. The molecule has 4 nitrogen and oxygen atoms in total. The van der Waals surface area contributed by atoms with Gasteiger partial charge >= 0.3 is 0 Å². The zero-order chi connectivity index (χ0) is 14.3. The van der Waals surface area contributed by atoms with Gasteiger partial charge in [-0.15, -0.1) is 0 Å². The van der Waals surface area contributed by atoms with Crippen LogP contribution in [0.15, 0.2) is 10.7 Å². The lowest BCUT2D eigenvalue weighted by Gasteiger charge is -2.17. The second-order valence-electron chi connectivity index (χ2n) is 5.27. The smallest absolute Gasteiger partial charge is 0.137 e. The van der Waals surface area contributed by atoms with Crippen LogP contribution in [-0.2, 0) is 5.41 Å². The van der Waals surface area contributed by atoms with Gasteiger partial charge in [0.2, 0.25) is 0 Å². The first kappa shape index (κ1) is 16.7. The quantitative estimate of drug-likeness (QED) is 0.586. The van der Waals surface area contributed by atoms with Gasteiger partial charge in [0.15, 0.2) is 0 Å². The molecule has 0 saturated heterocycles. The molecule has 1 aromatic heterocycles. The summed E-state index contributed by atoms with van der Waals surface area (Å²) in [6.45, 7) is 7.44. The van der Waals surface area contributed by atoms with E-state index in [9.17, 15) is 0 Å². The lowest BCUT2D eigenvalue weighted by Crippen LogP contribution is -2.18. The minimum Gasteiger partial charge on any atom is -0.396 e. The molecule has 0 radical (unpaired) electrons. The summed E-state index contributed by atoms with van der Waals surface area (Å²) < 4.78 is 0.808. The zero-order valence-electron chi connectivity index (χ0n) is 11.7. The molecular weight excluding hydrogens is 326 g/mol. The lowest BCUT2D eigenvalue weighted by atomic mass is 9.96. The number of thioether (sulfide) groups is 1. The van der Waals surface area contributed by atoms with Gasteiger partial charge in [-0.3, -0.25) is 0 Å². The molecule has 0 unspecified atom stereocenters. The summed E-state index contributed by atoms with van der Waals surface area (Å²) in [4.78, 5) is 8.94. The number of hydrogen-bond donors (Lipinski definition) is 2. The van der Waals surface area contributed by atoms with E-state index in [0.29, 0.717) is 0 Å². The predicted octanol–water partition coefficient (Wildman–Crippen LogP) is 3.06. The molecule has 1 rings (SSSR count). The second kappa shape index (κ2) is 8.07. The molecule has 6 heteroatoms. The van der Waals surface area contributed by atoms with Crippen LogP contribution >= 0.6 is 27.7 Å². The molecule has 0 amide bonds. The summed E-state index contributed by atoms with van der Waals surface area (Å²) in [6, 6.07) is 1.90. The fraction of sp³-hybridized carbons (Fsp3) is 0.692. The van der Waals surface area contributed by atoms with E-state index in [1.807, 2.05) is 17.8 Å². The van der Waals surface area contributed by atoms with Crippen LogP contribution in [0.4, 0.5) is 5.82 Å². The zero-order valence-corrected chi connectivity index (χ0v) is 14.1. The van der Waals surface area contributed by atoms with Crippen LogP contribution in [0.25, 0.3) is 0 Å². The average Bonchev–Trinajstić information content (AvgIpc) is 2.32. The van der Waals surface area contributed by atoms with Crippen molar-refractivity contribution in [3.05, 3.63) is 16.5 Å². The molecule has 0 aliphatic rings. The minimum atomic E-state index is -0.0594. The normalized spacial score (nSPS) is 11.6. The van der Waals surface area contributed by atoms with Crippen LogP contribution in [0, 0.1) is 0 Å². The molecule has 1 heterocycles. The standard InChI is InChI=1S/C13H22BrN3OS/c1-13(2,3)12-16-10(14)9-11(17-12)15-5-8-19-7-4-6-18/h9,18H,4-8H2,1-3H3,(H,15,16,17). The molecule has 0 fully saturated rings. The highest BCUT2D eigenvalue weighted by Crippen LogP contribution is 2.22. The van der Waals surface area contributed by atoms with Gasteiger partial charge in [0.05, 0.1) is 0 Å². The van der Waals surface area contributed by atoms with Crippen LogP contribution in [0.3, 0.4) is 0 Å². The summed E-state index contributed by atoms with van der Waals surface area (Å²) in [7, 11) is 0. The Bertz CT molecular complexity index is 396. The number of halogens is 1. The Kier molecular flexibility index (Phi) is 7.10. The topological polar surface area (TPSA) is 58.0 Å². The minimum absolute atomic E-state index is 0.0594. The maximum Gasteiger partial charge on any atom is 0.137 e. The number of aliphatic hydroxyl groups excluding tert-OH is 1. The van der Waals surface area contributed by atoms with Gasteiger partial charge in [-0.1, -0.05) is 20.8 Å². The van der Waals surface area contributed by atoms with Gasteiger partial charge in [-0.2, -0.15) is 11.8 Å². The van der Waals surface area contributed by atoms with Gasteiger partial charge in [0.25, 0.3) is 0 Å². The number of nitrogens with zero attached hydrogens (tertiary/aromatic N) is 2. The number of anilines is 1. The molecule has 1 aromatic rings. The molecular formula is C13H22BrN3OS. The summed E-state index contributed by atoms with van der Waals surface area (Å²) in [5.74, 6) is 3.69. The van der Waals surface area contributed by atoms with E-state index in [4.69, 9.17) is 5.11 Å². The fourth-order valence-electron chi connectivity index (χ4n) is 1.36. The van der Waals surface area contributed by atoms with Crippen molar-refractivity contribution in [2.24, 2.45) is 0 Å². The van der Waals surface area contributed by atoms with E-state index < -0.39 is 0 Å². The Morgan fingerprint density at radius 2 is 2.05 bits per heavy atom. The first-order chi connectivity index (χ1) is 8.93. The predicted molar refractivity (Wildman–Crippen MR) is 85.9 cm³/mol. The number of aliphatic hydroxyl groups is 1. The first-order valence-electron chi connectivity index (χ1n) is 6.41. The van der Waals surface area contributed by atoms with Crippen molar-refractivity contribution < 1.29 is 5.11 Å². The van der Waals surface area contributed by atoms with Crippen molar-refractivity contribution in [1.82, 2.24) is 9.97 Å². The van der Waals surface area contributed by atoms with Crippen molar-refractivity contribution in [1.29, 1.82) is 0 Å². The number of rotatable bonds is 7. The molecule has 0 spiro atoms. The molecule has 108 valence electrons. The molecule has 0 atom stereocenters. The molecule has 0 bridgehead atoms. The third-order valence-electron chi connectivity index (χ3n) is 2.37. The Morgan fingerprint density at radius 1 is 1.32 bits per heavy atom. The average molecular weight is 348 g/mol. The monoisotopic (exact) mass is 347 g/mol. The SMILES string of the molecule is CC(C)(C)c1nc(Br)cc(NCCSCCCO)n1. The Morgan fingerprint density at radius 3 is 2.68 bits per heavy atom. The van der Waals surface area contributed by atoms with Crippen LogP contribution < -0.4 is 5.32 Å². The molecule has 0 saturated carbocycles. The molecule has 0 aliphatic carbocycles. The Hall–Kier alpha value is -0.330. The van der Waals surface area contributed by atoms with E-state index in [-0.39, 0.29) is 12.0 Å². The van der Waals surface area contributed by atoms with Gasteiger partial charge in [0.1, 0.15) is 16.2 Å². The summed E-state index contributed by atoms with van der Waals surface area (Å²) in [5.41, 5.74) is -0.0594. The highest BCUT2D eigenvalue weighted by Gasteiger charge is 2.18. The van der Waals surface area contributed by atoms with Crippen LogP contribution in [-0.4, -0.2) is 39.7 Å². The highest BCUT2D eigenvalue weighted by atomic mass is 79.9. The van der Waals surface area contributed by atoms with Crippen molar-refractivity contribution in [3.63, 3.8) is 0 Å². The third kappa shape index (κ3) is 6.58. The summed E-state index contributed by atoms with van der Waals surface area (Å²) in [5, 5.41) is 12.0. The van der Waals surface area contributed by atoms with Crippen LogP contribution in [0.1, 0.15) is 33.0 Å². The molecule has 19 heavy (non-hydrogen) atoms. The van der Waals surface area contributed by atoms with E-state index in [0.717, 1.165) is 40.7 Å². The maximum absolute atomic E-state index is 8.69. The van der Waals surface area contributed by atoms with Crippen molar-refractivity contribution in [3.8, 4) is 0 Å². The fourth-order valence-corrected chi connectivity index (χ4v) is 2.53. The van der Waals surface area contributed by atoms with Crippen molar-refractivity contribution >= 4 is 33.5 Å². The number of aromatic nitrogens is 2. The lowest BCUT2D eigenvalue weighted by molar-refractivity contribution is 0.296. The van der Waals surface area contributed by atoms with Gasteiger partial charge in [-0.05, 0) is 28.1 Å². The Labute approximate surface area is 127 Å². The van der Waals surface area contributed by atoms with Crippen molar-refractivity contribution in [2.75, 3.05) is 30.0 Å². The van der Waals surface area contributed by atoms with Gasteiger partial charge in [0, 0.05) is 30.4 Å². The van der Waals surface area contributed by atoms with Crippen LogP contribution in [0.2, 0.25) is 0 Å². The highest BCUT2D eigenvalue weighted by molar-refractivity contribution is 9.10. The van der Waals surface area contributed by atoms with E-state index >= 15 is 0 Å². The van der Waals surface area contributed by atoms with E-state index in [1.165, 1.54) is 0 Å². The van der Waals surface area contributed by atoms with Gasteiger partial charge in [-0.25, -0.2) is 9.97 Å². The largest absolute Gasteiger partial charge is 0.396 e. The molecule has 2 N–H and O–H groups in total.